The quantitative estimate of drug-likeness (QED) is 0.866. The molecule has 0 fully saturated rings. The molecule has 0 spiro atoms. The van der Waals surface area contributed by atoms with Crippen molar-refractivity contribution in [3.05, 3.63) is 70.2 Å². The molecular weight excluding hydrogens is 328 g/mol. The molecule has 1 unspecified atom stereocenters. The van der Waals surface area contributed by atoms with Gasteiger partial charge in [0.25, 0.3) is 0 Å². The fourth-order valence-corrected chi connectivity index (χ4v) is 2.85. The van der Waals surface area contributed by atoms with Crippen LogP contribution in [0, 0.1) is 0 Å². The van der Waals surface area contributed by atoms with E-state index in [2.05, 4.69) is 21.2 Å². The molecule has 21 heavy (non-hydrogen) atoms. The second kappa shape index (κ2) is 7.38. The maximum absolute atomic E-state index is 12.1. The molecule has 2 aromatic carbocycles. The van der Waals surface area contributed by atoms with Crippen molar-refractivity contribution >= 4 is 21.8 Å². The summed E-state index contributed by atoms with van der Waals surface area (Å²) >= 11 is 3.50. The Bertz CT molecular complexity index is 601. The summed E-state index contributed by atoms with van der Waals surface area (Å²) < 4.78 is 0.991. The van der Waals surface area contributed by atoms with Crippen molar-refractivity contribution in [2.24, 2.45) is 5.73 Å². The number of carbonyl (C=O) groups excluding carboxylic acids is 1. The maximum atomic E-state index is 12.1. The number of amides is 1. The first-order chi connectivity index (χ1) is 10.1. The fraction of sp³-hybridized carbons (Fsp3) is 0.235. The lowest BCUT2D eigenvalue weighted by Gasteiger charge is -2.18. The van der Waals surface area contributed by atoms with Crippen LogP contribution in [-0.4, -0.2) is 5.91 Å². The molecule has 0 bridgehead atoms. The lowest BCUT2D eigenvalue weighted by atomic mass is 10.0. The van der Waals surface area contributed by atoms with Crippen molar-refractivity contribution in [3.63, 3.8) is 0 Å². The van der Waals surface area contributed by atoms with E-state index < -0.39 is 0 Å². The van der Waals surface area contributed by atoms with Gasteiger partial charge in [-0.15, -0.1) is 0 Å². The van der Waals surface area contributed by atoms with Crippen LogP contribution in [0.5, 0.6) is 0 Å². The van der Waals surface area contributed by atoms with Crippen LogP contribution in [0.4, 0.5) is 0 Å². The Morgan fingerprint density at radius 1 is 1.14 bits per heavy atom. The highest BCUT2D eigenvalue weighted by molar-refractivity contribution is 9.10. The van der Waals surface area contributed by atoms with Gasteiger partial charge >= 0.3 is 0 Å². The van der Waals surface area contributed by atoms with Crippen LogP contribution in [0.1, 0.15) is 36.6 Å². The van der Waals surface area contributed by atoms with E-state index >= 15 is 0 Å². The lowest BCUT2D eigenvalue weighted by molar-refractivity contribution is -0.122. The van der Waals surface area contributed by atoms with Crippen molar-refractivity contribution in [3.8, 4) is 0 Å². The molecule has 2 aromatic rings. The summed E-state index contributed by atoms with van der Waals surface area (Å²) in [5, 5.41) is 2.99. The van der Waals surface area contributed by atoms with E-state index in [9.17, 15) is 4.79 Å². The Hall–Kier alpha value is -1.65. The lowest BCUT2D eigenvalue weighted by Crippen LogP contribution is -2.30. The summed E-state index contributed by atoms with van der Waals surface area (Å²) in [5.41, 5.74) is 8.10. The fourth-order valence-electron chi connectivity index (χ4n) is 2.22. The zero-order valence-corrected chi connectivity index (χ0v) is 13.5. The second-order valence-electron chi connectivity index (χ2n) is 5.03. The Labute approximate surface area is 133 Å². The Morgan fingerprint density at radius 2 is 1.76 bits per heavy atom. The highest BCUT2D eigenvalue weighted by Crippen LogP contribution is 2.23. The number of carbonyl (C=O) groups is 1. The summed E-state index contributed by atoms with van der Waals surface area (Å²) in [6.45, 7) is 1.96. The molecule has 3 nitrogen and oxygen atoms in total. The van der Waals surface area contributed by atoms with Gasteiger partial charge in [-0.2, -0.15) is 0 Å². The SMILES string of the molecule is C[C@@H](NC(=O)CC(N)c1ccccc1)c1ccccc1Br. The summed E-state index contributed by atoms with van der Waals surface area (Å²) in [6, 6.07) is 17.2. The van der Waals surface area contributed by atoms with E-state index in [1.54, 1.807) is 0 Å². The Balaban J connectivity index is 1.94. The van der Waals surface area contributed by atoms with Gasteiger partial charge in [0.15, 0.2) is 0 Å². The van der Waals surface area contributed by atoms with Gasteiger partial charge in [0.1, 0.15) is 0 Å². The van der Waals surface area contributed by atoms with E-state index in [4.69, 9.17) is 5.73 Å². The van der Waals surface area contributed by atoms with Crippen molar-refractivity contribution in [1.82, 2.24) is 5.32 Å². The van der Waals surface area contributed by atoms with E-state index in [1.807, 2.05) is 61.5 Å². The molecule has 0 radical (unpaired) electrons. The van der Waals surface area contributed by atoms with Crippen molar-refractivity contribution in [1.29, 1.82) is 0 Å². The third-order valence-electron chi connectivity index (χ3n) is 3.38. The predicted octanol–water partition coefficient (Wildman–Crippen LogP) is 3.72. The molecule has 0 saturated carbocycles. The smallest absolute Gasteiger partial charge is 0.222 e. The van der Waals surface area contributed by atoms with Gasteiger partial charge in [0.05, 0.1) is 6.04 Å². The minimum atomic E-state index is -0.280. The van der Waals surface area contributed by atoms with Gasteiger partial charge in [-0.1, -0.05) is 64.5 Å². The van der Waals surface area contributed by atoms with Gasteiger partial charge in [0.2, 0.25) is 5.91 Å². The van der Waals surface area contributed by atoms with Crippen molar-refractivity contribution < 1.29 is 4.79 Å². The van der Waals surface area contributed by atoms with E-state index in [1.165, 1.54) is 0 Å². The molecule has 1 amide bonds. The van der Waals surface area contributed by atoms with Crippen molar-refractivity contribution in [2.45, 2.75) is 25.4 Å². The molecule has 0 heterocycles. The second-order valence-corrected chi connectivity index (χ2v) is 5.89. The van der Waals surface area contributed by atoms with E-state index in [0.717, 1.165) is 15.6 Å². The molecule has 110 valence electrons. The van der Waals surface area contributed by atoms with Crippen LogP contribution in [0.3, 0.4) is 0 Å². The molecule has 2 atom stereocenters. The largest absolute Gasteiger partial charge is 0.349 e. The summed E-state index contributed by atoms with van der Waals surface area (Å²) in [6.07, 6.45) is 0.277. The summed E-state index contributed by atoms with van der Waals surface area (Å²) in [4.78, 5) is 12.1. The number of rotatable bonds is 5. The van der Waals surface area contributed by atoms with Crippen LogP contribution in [0.2, 0.25) is 0 Å². The molecule has 0 aliphatic heterocycles. The molecule has 0 aliphatic rings. The normalized spacial score (nSPS) is 13.5. The third kappa shape index (κ3) is 4.41. The van der Waals surface area contributed by atoms with Gasteiger partial charge in [-0.25, -0.2) is 0 Å². The maximum Gasteiger partial charge on any atom is 0.222 e. The van der Waals surface area contributed by atoms with Crippen LogP contribution >= 0.6 is 15.9 Å². The number of hydrogen-bond donors (Lipinski definition) is 2. The number of hydrogen-bond acceptors (Lipinski definition) is 2. The molecule has 2 rings (SSSR count). The first-order valence-electron chi connectivity index (χ1n) is 6.92. The molecule has 0 aromatic heterocycles. The van der Waals surface area contributed by atoms with Gasteiger partial charge in [-0.3, -0.25) is 4.79 Å². The number of nitrogens with two attached hydrogens (primary N) is 1. The first kappa shape index (κ1) is 15.7. The molecule has 0 saturated heterocycles. The molecular formula is C17H19BrN2O. The zero-order chi connectivity index (χ0) is 15.2. The third-order valence-corrected chi connectivity index (χ3v) is 4.10. The molecule has 0 aliphatic carbocycles. The van der Waals surface area contributed by atoms with Crippen LogP contribution in [0.25, 0.3) is 0 Å². The molecule has 4 heteroatoms. The summed E-state index contributed by atoms with van der Waals surface area (Å²) in [5.74, 6) is -0.0467. The van der Waals surface area contributed by atoms with Gasteiger partial charge < -0.3 is 11.1 Å². The summed E-state index contributed by atoms with van der Waals surface area (Å²) in [7, 11) is 0. The highest BCUT2D eigenvalue weighted by Gasteiger charge is 2.15. The highest BCUT2D eigenvalue weighted by atomic mass is 79.9. The van der Waals surface area contributed by atoms with Crippen molar-refractivity contribution in [2.75, 3.05) is 0 Å². The van der Waals surface area contributed by atoms with Gasteiger partial charge in [0, 0.05) is 16.9 Å². The monoisotopic (exact) mass is 346 g/mol. The average molecular weight is 347 g/mol. The first-order valence-corrected chi connectivity index (χ1v) is 7.71. The minimum Gasteiger partial charge on any atom is -0.349 e. The van der Waals surface area contributed by atoms with E-state index in [-0.39, 0.29) is 24.4 Å². The van der Waals surface area contributed by atoms with E-state index in [0.29, 0.717) is 0 Å². The van der Waals surface area contributed by atoms with Crippen LogP contribution in [-0.2, 0) is 4.79 Å². The Kier molecular flexibility index (Phi) is 5.53. The minimum absolute atomic E-state index is 0.0467. The van der Waals surface area contributed by atoms with Crippen LogP contribution in [0.15, 0.2) is 59.1 Å². The van der Waals surface area contributed by atoms with Gasteiger partial charge in [-0.05, 0) is 24.1 Å². The number of benzene rings is 2. The van der Waals surface area contributed by atoms with Crippen LogP contribution < -0.4 is 11.1 Å². The zero-order valence-electron chi connectivity index (χ0n) is 11.9. The topological polar surface area (TPSA) is 55.1 Å². The number of nitrogens with one attached hydrogen (secondary N) is 1. The standard InChI is InChI=1S/C17H19BrN2O/c1-12(14-9-5-6-10-15(14)18)20-17(21)11-16(19)13-7-3-2-4-8-13/h2-10,12,16H,11,19H2,1H3,(H,20,21)/t12-,16?/m1/s1. The Morgan fingerprint density at radius 3 is 2.43 bits per heavy atom. The predicted molar refractivity (Wildman–Crippen MR) is 88.7 cm³/mol. The average Bonchev–Trinajstić information content (AvgIpc) is 2.48. The number of halogens is 1. The molecule has 3 N–H and O–H groups in total.